The molecule has 0 fully saturated rings. The molecule has 4 heteroatoms. The molecule has 0 aliphatic rings. The lowest BCUT2D eigenvalue weighted by Gasteiger charge is -2.10. The van der Waals surface area contributed by atoms with Crippen molar-refractivity contribution < 1.29 is 9.53 Å². The molecule has 0 bridgehead atoms. The molecule has 2 aromatic rings. The first-order valence-corrected chi connectivity index (χ1v) is 7.26. The summed E-state index contributed by atoms with van der Waals surface area (Å²) in [5.41, 5.74) is 2.17. The number of benzene rings is 2. The maximum Gasteiger partial charge on any atom is 0.197 e. The van der Waals surface area contributed by atoms with Crippen LogP contribution in [-0.4, -0.2) is 12.9 Å². The Morgan fingerprint density at radius 1 is 1.00 bits per heavy atom. The molecule has 0 heterocycles. The molecule has 2 nitrogen and oxygen atoms in total. The van der Waals surface area contributed by atoms with Crippen LogP contribution in [0.3, 0.4) is 0 Å². The number of ketones is 1. The molecule has 0 aliphatic heterocycles. The Bertz CT molecular complexity index is 636. The number of rotatable bonds is 3. The zero-order chi connectivity index (χ0) is 14.0. The van der Waals surface area contributed by atoms with E-state index in [4.69, 9.17) is 4.74 Å². The van der Waals surface area contributed by atoms with Crippen LogP contribution in [-0.2, 0) is 0 Å². The van der Waals surface area contributed by atoms with E-state index >= 15 is 0 Å². The summed E-state index contributed by atoms with van der Waals surface area (Å²) >= 11 is 6.78. The monoisotopic (exact) mass is 382 g/mol. The lowest BCUT2D eigenvalue weighted by Crippen LogP contribution is -2.06. The van der Waals surface area contributed by atoms with E-state index in [2.05, 4.69) is 31.9 Å². The van der Waals surface area contributed by atoms with Crippen LogP contribution in [0.5, 0.6) is 5.75 Å². The standard InChI is InChI=1S/C15H12Br2O2/c1-9-3-4-10(16)7-12(9)15(18)13-8-11(17)5-6-14(13)19-2/h3-8H,1-2H3. The number of hydrogen-bond donors (Lipinski definition) is 0. The van der Waals surface area contributed by atoms with Crippen molar-refractivity contribution in [3.63, 3.8) is 0 Å². The first-order valence-electron chi connectivity index (χ1n) is 5.67. The maximum atomic E-state index is 12.6. The molecule has 2 rings (SSSR count). The zero-order valence-electron chi connectivity index (χ0n) is 10.5. The molecule has 0 N–H and O–H groups in total. The van der Waals surface area contributed by atoms with Crippen LogP contribution in [0, 0.1) is 6.92 Å². The van der Waals surface area contributed by atoms with E-state index in [1.165, 1.54) is 0 Å². The van der Waals surface area contributed by atoms with Crippen LogP contribution in [0.15, 0.2) is 45.3 Å². The summed E-state index contributed by atoms with van der Waals surface area (Å²) in [7, 11) is 1.56. The molecule has 19 heavy (non-hydrogen) atoms. The van der Waals surface area contributed by atoms with Gasteiger partial charge in [-0.2, -0.15) is 0 Å². The summed E-state index contributed by atoms with van der Waals surface area (Å²) in [5.74, 6) is 0.532. The number of hydrogen-bond acceptors (Lipinski definition) is 2. The Morgan fingerprint density at radius 2 is 1.58 bits per heavy atom. The van der Waals surface area contributed by atoms with Gasteiger partial charge in [0, 0.05) is 14.5 Å². The summed E-state index contributed by atoms with van der Waals surface area (Å²) in [6.45, 7) is 1.92. The van der Waals surface area contributed by atoms with E-state index in [0.29, 0.717) is 16.9 Å². The quantitative estimate of drug-likeness (QED) is 0.714. The number of ether oxygens (including phenoxy) is 1. The minimum Gasteiger partial charge on any atom is -0.496 e. The van der Waals surface area contributed by atoms with Crippen LogP contribution < -0.4 is 4.74 Å². The second-order valence-corrected chi connectivity index (χ2v) is 5.96. The van der Waals surface area contributed by atoms with Crippen molar-refractivity contribution in [1.82, 2.24) is 0 Å². The topological polar surface area (TPSA) is 26.3 Å². The van der Waals surface area contributed by atoms with Gasteiger partial charge >= 0.3 is 0 Å². The van der Waals surface area contributed by atoms with Gasteiger partial charge in [-0.1, -0.05) is 37.9 Å². The molecule has 0 unspecified atom stereocenters. The number of carbonyl (C=O) groups is 1. The van der Waals surface area contributed by atoms with Crippen LogP contribution in [0.4, 0.5) is 0 Å². The fraction of sp³-hybridized carbons (Fsp3) is 0.133. The predicted molar refractivity (Wildman–Crippen MR) is 83.0 cm³/mol. The van der Waals surface area contributed by atoms with Gasteiger partial charge in [-0.15, -0.1) is 0 Å². The Hall–Kier alpha value is -1.13. The number of halogens is 2. The molecule has 0 spiro atoms. The van der Waals surface area contributed by atoms with Crippen molar-refractivity contribution in [2.24, 2.45) is 0 Å². The third-order valence-corrected chi connectivity index (χ3v) is 3.84. The van der Waals surface area contributed by atoms with Gasteiger partial charge in [0.25, 0.3) is 0 Å². The summed E-state index contributed by atoms with van der Waals surface area (Å²) in [4.78, 5) is 12.6. The largest absolute Gasteiger partial charge is 0.496 e. The van der Waals surface area contributed by atoms with Gasteiger partial charge in [-0.05, 0) is 42.8 Å². The smallest absolute Gasteiger partial charge is 0.197 e. The average molecular weight is 384 g/mol. The van der Waals surface area contributed by atoms with E-state index in [9.17, 15) is 4.79 Å². The Kier molecular flexibility index (Phi) is 4.42. The van der Waals surface area contributed by atoms with Crippen molar-refractivity contribution in [2.45, 2.75) is 6.92 Å². The van der Waals surface area contributed by atoms with E-state index < -0.39 is 0 Å². The van der Waals surface area contributed by atoms with Crippen LogP contribution in [0.25, 0.3) is 0 Å². The molecule has 98 valence electrons. The molecule has 0 saturated carbocycles. The molecular formula is C15H12Br2O2. The van der Waals surface area contributed by atoms with Crippen LogP contribution in [0.1, 0.15) is 21.5 Å². The summed E-state index contributed by atoms with van der Waals surface area (Å²) in [6.07, 6.45) is 0. The molecule has 0 amide bonds. The highest BCUT2D eigenvalue weighted by atomic mass is 79.9. The highest BCUT2D eigenvalue weighted by molar-refractivity contribution is 9.10. The van der Waals surface area contributed by atoms with Gasteiger partial charge in [-0.25, -0.2) is 0 Å². The number of aryl methyl sites for hydroxylation is 1. The SMILES string of the molecule is COc1ccc(Br)cc1C(=O)c1cc(Br)ccc1C. The van der Waals surface area contributed by atoms with Crippen molar-refractivity contribution in [2.75, 3.05) is 7.11 Å². The normalized spacial score (nSPS) is 10.3. The fourth-order valence-corrected chi connectivity index (χ4v) is 2.56. The van der Waals surface area contributed by atoms with Gasteiger partial charge in [0.1, 0.15) is 5.75 Å². The Balaban J connectivity index is 2.55. The third kappa shape index (κ3) is 3.07. The first-order chi connectivity index (χ1) is 9.02. The van der Waals surface area contributed by atoms with Crippen molar-refractivity contribution in [1.29, 1.82) is 0 Å². The van der Waals surface area contributed by atoms with E-state index in [0.717, 1.165) is 14.5 Å². The Morgan fingerprint density at radius 3 is 2.21 bits per heavy atom. The fourth-order valence-electron chi connectivity index (χ4n) is 1.84. The zero-order valence-corrected chi connectivity index (χ0v) is 13.7. The predicted octanol–water partition coefficient (Wildman–Crippen LogP) is 4.76. The lowest BCUT2D eigenvalue weighted by molar-refractivity contribution is 0.103. The third-order valence-electron chi connectivity index (χ3n) is 2.85. The van der Waals surface area contributed by atoms with Crippen molar-refractivity contribution >= 4 is 37.6 Å². The molecule has 2 aromatic carbocycles. The van der Waals surface area contributed by atoms with Gasteiger partial charge in [0.05, 0.1) is 12.7 Å². The number of methoxy groups -OCH3 is 1. The molecule has 0 aliphatic carbocycles. The Labute approximate surface area is 129 Å². The summed E-state index contributed by atoms with van der Waals surface area (Å²) in [6, 6.07) is 11.1. The summed E-state index contributed by atoms with van der Waals surface area (Å²) < 4.78 is 7.00. The minimum absolute atomic E-state index is 0.0445. The first kappa shape index (κ1) is 14.3. The summed E-state index contributed by atoms with van der Waals surface area (Å²) in [5, 5.41) is 0. The van der Waals surface area contributed by atoms with Crippen molar-refractivity contribution in [3.8, 4) is 5.75 Å². The van der Waals surface area contributed by atoms with Crippen LogP contribution >= 0.6 is 31.9 Å². The molecule has 0 saturated heterocycles. The average Bonchev–Trinajstić information content (AvgIpc) is 2.40. The molecule has 0 atom stereocenters. The molecule has 0 aromatic heterocycles. The van der Waals surface area contributed by atoms with Crippen molar-refractivity contribution in [3.05, 3.63) is 62.0 Å². The van der Waals surface area contributed by atoms with Gasteiger partial charge in [0.15, 0.2) is 5.78 Å². The minimum atomic E-state index is -0.0445. The van der Waals surface area contributed by atoms with Gasteiger partial charge < -0.3 is 4.74 Å². The highest BCUT2D eigenvalue weighted by Crippen LogP contribution is 2.27. The molecule has 0 radical (unpaired) electrons. The van der Waals surface area contributed by atoms with Gasteiger partial charge in [-0.3, -0.25) is 4.79 Å². The number of carbonyl (C=O) groups excluding carboxylic acids is 1. The van der Waals surface area contributed by atoms with Crippen LogP contribution in [0.2, 0.25) is 0 Å². The molecular weight excluding hydrogens is 372 g/mol. The maximum absolute atomic E-state index is 12.6. The van der Waals surface area contributed by atoms with Gasteiger partial charge in [0.2, 0.25) is 0 Å². The lowest BCUT2D eigenvalue weighted by atomic mass is 9.98. The van der Waals surface area contributed by atoms with E-state index in [1.807, 2.05) is 31.2 Å². The van der Waals surface area contributed by atoms with E-state index in [1.54, 1.807) is 19.2 Å². The van der Waals surface area contributed by atoms with E-state index in [-0.39, 0.29) is 5.78 Å². The highest BCUT2D eigenvalue weighted by Gasteiger charge is 2.17. The second kappa shape index (κ2) is 5.88. The second-order valence-electron chi connectivity index (χ2n) is 4.13.